The summed E-state index contributed by atoms with van der Waals surface area (Å²) in [6, 6.07) is 22.1. The molecule has 1 atom stereocenters. The molecule has 0 bridgehead atoms. The molecule has 0 radical (unpaired) electrons. The fraction of sp³-hybridized carbons (Fsp3) is 0.472. The van der Waals surface area contributed by atoms with Crippen molar-refractivity contribution in [2.24, 2.45) is 11.7 Å². The van der Waals surface area contributed by atoms with Gasteiger partial charge in [0, 0.05) is 50.3 Å². The van der Waals surface area contributed by atoms with Crippen molar-refractivity contribution in [3.8, 4) is 16.9 Å². The topological polar surface area (TPSA) is 96.2 Å². The van der Waals surface area contributed by atoms with Crippen LogP contribution in [0.15, 0.2) is 77.7 Å². The van der Waals surface area contributed by atoms with E-state index in [1.54, 1.807) is 29.2 Å². The lowest BCUT2D eigenvalue weighted by Gasteiger charge is -2.42. The maximum absolute atomic E-state index is 14.1. The van der Waals surface area contributed by atoms with Crippen LogP contribution < -0.4 is 10.5 Å². The van der Waals surface area contributed by atoms with E-state index in [2.05, 4.69) is 29.2 Å². The number of rotatable bonds is 9. The Morgan fingerprint density at radius 1 is 0.804 bits per heavy atom. The summed E-state index contributed by atoms with van der Waals surface area (Å²) in [6.45, 7) is 3.45. The van der Waals surface area contributed by atoms with Gasteiger partial charge in [-0.25, -0.2) is 8.42 Å². The van der Waals surface area contributed by atoms with Crippen LogP contribution in [0.2, 0.25) is 5.02 Å². The van der Waals surface area contributed by atoms with Gasteiger partial charge in [-0.1, -0.05) is 67.3 Å². The van der Waals surface area contributed by atoms with Crippen LogP contribution in [0.25, 0.3) is 11.1 Å². The Balaban J connectivity index is 1.16. The number of halogens is 1. The SMILES string of the molecule is NC1CCN(C(=O)C2CN(Cc3ccc(-c4ccc(Cl)cc4)cc3)CCN2S(=O)(=O)c2ccc(OCC3CCCCC3)cc2)CC1. The second kappa shape index (κ2) is 14.9. The van der Waals surface area contributed by atoms with Crippen molar-refractivity contribution in [2.45, 2.75) is 68.5 Å². The predicted octanol–water partition coefficient (Wildman–Crippen LogP) is 5.79. The Bertz CT molecular complexity index is 1550. The number of hydrogen-bond donors (Lipinski definition) is 1. The third-order valence-corrected chi connectivity index (χ3v) is 11.9. The normalized spacial score (nSPS) is 20.9. The highest BCUT2D eigenvalue weighted by Gasteiger charge is 2.42. The molecular formula is C36H45ClN4O4S. The minimum Gasteiger partial charge on any atom is -0.493 e. The number of nitrogens with zero attached hydrogens (tertiary/aromatic N) is 3. The third kappa shape index (κ3) is 7.94. The highest BCUT2D eigenvalue weighted by molar-refractivity contribution is 7.89. The fourth-order valence-electron chi connectivity index (χ4n) is 6.90. The summed E-state index contributed by atoms with van der Waals surface area (Å²) in [5.41, 5.74) is 9.41. The van der Waals surface area contributed by atoms with Crippen LogP contribution in [0, 0.1) is 5.92 Å². The minimum absolute atomic E-state index is 0.0708. The van der Waals surface area contributed by atoms with Gasteiger partial charge in [0.05, 0.1) is 11.5 Å². The smallest absolute Gasteiger partial charge is 0.243 e. The summed E-state index contributed by atoms with van der Waals surface area (Å²) in [5.74, 6) is 1.09. The van der Waals surface area contributed by atoms with E-state index in [-0.39, 0.29) is 23.4 Å². The second-order valence-corrected chi connectivity index (χ2v) is 15.3. The predicted molar refractivity (Wildman–Crippen MR) is 182 cm³/mol. The molecule has 1 saturated carbocycles. The first-order chi connectivity index (χ1) is 22.3. The van der Waals surface area contributed by atoms with Crippen LogP contribution in [0.5, 0.6) is 5.75 Å². The summed E-state index contributed by atoms with van der Waals surface area (Å²) in [6.07, 6.45) is 7.61. The lowest BCUT2D eigenvalue weighted by molar-refractivity contribution is -0.138. The van der Waals surface area contributed by atoms with Gasteiger partial charge in [-0.3, -0.25) is 9.69 Å². The van der Waals surface area contributed by atoms with Gasteiger partial charge in [0.1, 0.15) is 11.8 Å². The fourth-order valence-corrected chi connectivity index (χ4v) is 8.59. The van der Waals surface area contributed by atoms with Gasteiger partial charge in [0.25, 0.3) is 0 Å². The number of sulfonamides is 1. The van der Waals surface area contributed by atoms with Gasteiger partial charge in [-0.05, 0) is 84.7 Å². The van der Waals surface area contributed by atoms with Crippen LogP contribution >= 0.6 is 11.6 Å². The lowest BCUT2D eigenvalue weighted by atomic mass is 9.90. The number of piperazine rings is 1. The molecule has 10 heteroatoms. The molecule has 46 heavy (non-hydrogen) atoms. The Hall–Kier alpha value is -2.95. The van der Waals surface area contributed by atoms with Crippen LogP contribution in [0.3, 0.4) is 0 Å². The molecule has 2 saturated heterocycles. The Labute approximate surface area is 278 Å². The number of likely N-dealkylation sites (tertiary alicyclic amines) is 1. The Morgan fingerprint density at radius 2 is 1.43 bits per heavy atom. The van der Waals surface area contributed by atoms with Crippen LogP contribution in [-0.2, 0) is 21.4 Å². The number of carbonyl (C=O) groups is 1. The largest absolute Gasteiger partial charge is 0.493 e. The maximum Gasteiger partial charge on any atom is 0.243 e. The first-order valence-electron chi connectivity index (χ1n) is 16.6. The Morgan fingerprint density at radius 3 is 2.09 bits per heavy atom. The Kier molecular flexibility index (Phi) is 10.7. The number of ether oxygens (including phenoxy) is 1. The van der Waals surface area contributed by atoms with Crippen molar-refractivity contribution in [3.05, 3.63) is 83.4 Å². The average molecular weight is 665 g/mol. The standard InChI is InChI=1S/C36H45ClN4O4S/c37-31-12-10-30(11-13-31)29-8-6-27(7-9-29)24-39-22-23-41(35(25-39)36(42)40-20-18-32(38)19-21-40)46(43,44)34-16-14-33(15-17-34)45-26-28-4-2-1-3-5-28/h6-17,28,32,35H,1-5,18-26,38H2. The van der Waals surface area contributed by atoms with E-state index in [9.17, 15) is 13.2 Å². The first-order valence-corrected chi connectivity index (χ1v) is 18.4. The molecule has 0 aromatic heterocycles. The number of amides is 1. The molecule has 1 unspecified atom stereocenters. The van der Waals surface area contributed by atoms with Crippen LogP contribution in [0.1, 0.15) is 50.5 Å². The molecule has 6 rings (SSSR count). The lowest BCUT2D eigenvalue weighted by Crippen LogP contribution is -2.61. The highest BCUT2D eigenvalue weighted by atomic mass is 35.5. The molecule has 2 aliphatic heterocycles. The van der Waals surface area contributed by atoms with Gasteiger partial charge in [-0.2, -0.15) is 4.31 Å². The zero-order valence-electron chi connectivity index (χ0n) is 26.4. The molecule has 3 aromatic carbocycles. The zero-order valence-corrected chi connectivity index (χ0v) is 28.0. The van der Waals surface area contributed by atoms with Gasteiger partial charge in [0.15, 0.2) is 0 Å². The number of piperidine rings is 1. The summed E-state index contributed by atoms with van der Waals surface area (Å²) >= 11 is 6.05. The first kappa shape index (κ1) is 33.0. The molecule has 3 aliphatic rings. The van der Waals surface area contributed by atoms with Gasteiger partial charge >= 0.3 is 0 Å². The quantitative estimate of drug-likeness (QED) is 0.311. The van der Waals surface area contributed by atoms with E-state index < -0.39 is 16.1 Å². The average Bonchev–Trinajstić information content (AvgIpc) is 3.09. The molecule has 1 amide bonds. The number of carbonyl (C=O) groups excluding carboxylic acids is 1. The third-order valence-electron chi connectivity index (χ3n) is 9.73. The molecular weight excluding hydrogens is 620 g/mol. The van der Waals surface area contributed by atoms with Gasteiger partial charge in [0.2, 0.25) is 15.9 Å². The van der Waals surface area contributed by atoms with Crippen molar-refractivity contribution in [3.63, 3.8) is 0 Å². The maximum atomic E-state index is 14.1. The van der Waals surface area contributed by atoms with Crippen molar-refractivity contribution >= 4 is 27.5 Å². The van der Waals surface area contributed by atoms with Crippen LogP contribution in [-0.4, -0.2) is 79.8 Å². The van der Waals surface area contributed by atoms with E-state index in [1.807, 2.05) is 24.3 Å². The van der Waals surface area contributed by atoms with E-state index in [0.717, 1.165) is 29.5 Å². The van der Waals surface area contributed by atoms with Crippen molar-refractivity contribution in [1.82, 2.24) is 14.1 Å². The van der Waals surface area contributed by atoms with Crippen molar-refractivity contribution in [1.29, 1.82) is 0 Å². The van der Waals surface area contributed by atoms with Gasteiger partial charge < -0.3 is 15.4 Å². The molecule has 0 spiro atoms. The van der Waals surface area contributed by atoms with E-state index in [1.165, 1.54) is 36.4 Å². The molecule has 246 valence electrons. The number of hydrogen-bond acceptors (Lipinski definition) is 6. The molecule has 3 aromatic rings. The molecule has 2 N–H and O–H groups in total. The second-order valence-electron chi connectivity index (χ2n) is 13.0. The zero-order chi connectivity index (χ0) is 32.1. The van der Waals surface area contributed by atoms with Crippen LogP contribution in [0.4, 0.5) is 0 Å². The summed E-state index contributed by atoms with van der Waals surface area (Å²) < 4.78 is 35.6. The molecule has 2 heterocycles. The highest BCUT2D eigenvalue weighted by Crippen LogP contribution is 2.29. The minimum atomic E-state index is -3.92. The molecule has 8 nitrogen and oxygen atoms in total. The van der Waals surface area contributed by atoms with E-state index in [4.69, 9.17) is 22.1 Å². The summed E-state index contributed by atoms with van der Waals surface area (Å²) in [4.78, 5) is 18.1. The monoisotopic (exact) mass is 664 g/mol. The molecule has 1 aliphatic carbocycles. The number of benzene rings is 3. The van der Waals surface area contributed by atoms with Gasteiger partial charge in [-0.15, -0.1) is 0 Å². The molecule has 3 fully saturated rings. The van der Waals surface area contributed by atoms with E-state index >= 15 is 0 Å². The number of nitrogens with two attached hydrogens (primary N) is 1. The summed E-state index contributed by atoms with van der Waals surface area (Å²) in [5, 5.41) is 0.703. The van der Waals surface area contributed by atoms with E-state index in [0.29, 0.717) is 56.0 Å². The van der Waals surface area contributed by atoms with Crippen molar-refractivity contribution < 1.29 is 17.9 Å². The summed E-state index contributed by atoms with van der Waals surface area (Å²) in [7, 11) is -3.92. The van der Waals surface area contributed by atoms with Crippen molar-refractivity contribution in [2.75, 3.05) is 39.3 Å².